The maximum Gasteiger partial charge on any atom is 0.318 e. The number of hydrogen-bond donors (Lipinski definition) is 0. The lowest BCUT2D eigenvalue weighted by Gasteiger charge is -2.17. The van der Waals surface area contributed by atoms with Crippen LogP contribution in [0.4, 0.5) is 0 Å². The van der Waals surface area contributed by atoms with Gasteiger partial charge in [-0.3, -0.25) is 4.79 Å². The van der Waals surface area contributed by atoms with E-state index in [0.717, 1.165) is 16.7 Å². The van der Waals surface area contributed by atoms with Crippen molar-refractivity contribution in [2.45, 2.75) is 12.5 Å². The third-order valence-electron chi connectivity index (χ3n) is 3.89. The van der Waals surface area contributed by atoms with E-state index in [0.29, 0.717) is 10.0 Å². The number of carbonyl (C=O) groups is 1. The minimum atomic E-state index is -0.478. The Hall–Kier alpha value is -2.29. The van der Waals surface area contributed by atoms with E-state index in [4.69, 9.17) is 27.9 Å². The smallest absolute Gasteiger partial charge is 0.318 e. The molecule has 0 aromatic heterocycles. The van der Waals surface area contributed by atoms with Crippen molar-refractivity contribution in [1.29, 1.82) is 0 Å². The summed E-state index contributed by atoms with van der Waals surface area (Å²) in [6.07, 6.45) is 0. The van der Waals surface area contributed by atoms with Crippen LogP contribution < -0.4 is 0 Å². The first-order valence-electron chi connectivity index (χ1n) is 7.85. The molecule has 0 saturated heterocycles. The van der Waals surface area contributed by atoms with Crippen LogP contribution >= 0.6 is 23.2 Å². The molecule has 0 atom stereocenters. The fraction of sp³-hybridized carbons (Fsp3) is 0.0952. The van der Waals surface area contributed by atoms with Crippen molar-refractivity contribution in [1.82, 2.24) is 0 Å². The molecule has 4 heteroatoms. The van der Waals surface area contributed by atoms with E-state index in [1.165, 1.54) is 0 Å². The van der Waals surface area contributed by atoms with Gasteiger partial charge >= 0.3 is 5.97 Å². The van der Waals surface area contributed by atoms with E-state index >= 15 is 0 Å². The summed E-state index contributed by atoms with van der Waals surface area (Å²) in [4.78, 5) is 12.8. The van der Waals surface area contributed by atoms with E-state index in [2.05, 4.69) is 0 Å². The Bertz CT molecular complexity index is 809. The largest absolute Gasteiger partial charge is 0.460 e. The molecule has 2 nitrogen and oxygen atoms in total. The number of esters is 1. The lowest BCUT2D eigenvalue weighted by Crippen LogP contribution is -2.17. The Morgan fingerprint density at radius 1 is 0.840 bits per heavy atom. The molecule has 3 rings (SSSR count). The summed E-state index contributed by atoms with van der Waals surface area (Å²) < 4.78 is 5.55. The summed E-state index contributed by atoms with van der Waals surface area (Å²) in [5.74, 6) is -0.795. The summed E-state index contributed by atoms with van der Waals surface area (Å²) >= 11 is 12.0. The average Bonchev–Trinajstić information content (AvgIpc) is 2.63. The molecular weight excluding hydrogens is 355 g/mol. The van der Waals surface area contributed by atoms with E-state index in [-0.39, 0.29) is 12.6 Å². The highest BCUT2D eigenvalue weighted by Crippen LogP contribution is 2.27. The minimum Gasteiger partial charge on any atom is -0.460 e. The van der Waals surface area contributed by atoms with Crippen molar-refractivity contribution < 1.29 is 9.53 Å². The molecule has 3 aromatic carbocycles. The normalized spacial score (nSPS) is 10.7. The van der Waals surface area contributed by atoms with Gasteiger partial charge in [-0.05, 0) is 23.3 Å². The van der Waals surface area contributed by atoms with Crippen molar-refractivity contribution in [3.05, 3.63) is 106 Å². The number of benzene rings is 3. The lowest BCUT2D eigenvalue weighted by atomic mass is 9.91. The third-order valence-corrected chi connectivity index (χ3v) is 4.47. The molecule has 0 aliphatic carbocycles. The van der Waals surface area contributed by atoms with Crippen LogP contribution in [0.2, 0.25) is 10.0 Å². The average molecular weight is 371 g/mol. The monoisotopic (exact) mass is 370 g/mol. The van der Waals surface area contributed by atoms with Gasteiger partial charge in [0.25, 0.3) is 0 Å². The van der Waals surface area contributed by atoms with Crippen LogP contribution in [0.1, 0.15) is 22.6 Å². The summed E-state index contributed by atoms with van der Waals surface area (Å²) in [6, 6.07) is 24.3. The predicted molar refractivity (Wildman–Crippen MR) is 101 cm³/mol. The van der Waals surface area contributed by atoms with Crippen LogP contribution in [0.5, 0.6) is 0 Å². The van der Waals surface area contributed by atoms with E-state index in [9.17, 15) is 4.79 Å². The van der Waals surface area contributed by atoms with Gasteiger partial charge < -0.3 is 4.74 Å². The summed E-state index contributed by atoms with van der Waals surface area (Å²) in [5, 5.41) is 1.03. The molecule has 0 N–H and O–H groups in total. The predicted octanol–water partition coefficient (Wildman–Crippen LogP) is 5.87. The first kappa shape index (κ1) is 17.5. The second-order valence-corrected chi connectivity index (χ2v) is 6.44. The highest BCUT2D eigenvalue weighted by Gasteiger charge is 2.24. The van der Waals surface area contributed by atoms with Gasteiger partial charge in [-0.25, -0.2) is 0 Å². The van der Waals surface area contributed by atoms with Crippen LogP contribution in [-0.2, 0) is 16.1 Å². The lowest BCUT2D eigenvalue weighted by molar-refractivity contribution is -0.145. The highest BCUT2D eigenvalue weighted by molar-refractivity contribution is 6.35. The molecule has 126 valence electrons. The fourth-order valence-corrected chi connectivity index (χ4v) is 3.09. The van der Waals surface area contributed by atoms with Gasteiger partial charge in [0.05, 0.1) is 0 Å². The highest BCUT2D eigenvalue weighted by atomic mass is 35.5. The summed E-state index contributed by atoms with van der Waals surface area (Å²) in [5.41, 5.74) is 2.50. The van der Waals surface area contributed by atoms with Gasteiger partial charge in [-0.1, -0.05) is 89.9 Å². The molecule has 0 radical (unpaired) electrons. The zero-order valence-corrected chi connectivity index (χ0v) is 14.9. The van der Waals surface area contributed by atoms with Crippen molar-refractivity contribution in [3.63, 3.8) is 0 Å². The number of halogens is 2. The number of carbonyl (C=O) groups excluding carboxylic acids is 1. The molecule has 0 unspecified atom stereocenters. The molecule has 0 saturated carbocycles. The zero-order valence-electron chi connectivity index (χ0n) is 13.4. The molecule has 0 heterocycles. The molecule has 0 aliphatic heterocycles. The van der Waals surface area contributed by atoms with E-state index < -0.39 is 5.92 Å². The molecule has 25 heavy (non-hydrogen) atoms. The maximum absolute atomic E-state index is 12.8. The SMILES string of the molecule is O=C(OCc1ccc(Cl)cc1Cl)C(c1ccccc1)c1ccccc1. The molecule has 3 aromatic rings. The van der Waals surface area contributed by atoms with Crippen molar-refractivity contribution >= 4 is 29.2 Å². The Kier molecular flexibility index (Phi) is 5.75. The number of ether oxygens (including phenoxy) is 1. The van der Waals surface area contributed by atoms with Crippen molar-refractivity contribution in [2.75, 3.05) is 0 Å². The molecule has 0 fully saturated rings. The molecule has 0 amide bonds. The van der Waals surface area contributed by atoms with Gasteiger partial charge in [-0.2, -0.15) is 0 Å². The van der Waals surface area contributed by atoms with Crippen LogP contribution in [-0.4, -0.2) is 5.97 Å². The van der Waals surface area contributed by atoms with Crippen LogP contribution in [0.3, 0.4) is 0 Å². The Labute approximate surface area is 157 Å². The van der Waals surface area contributed by atoms with Crippen molar-refractivity contribution in [3.8, 4) is 0 Å². The van der Waals surface area contributed by atoms with Crippen molar-refractivity contribution in [2.24, 2.45) is 0 Å². The zero-order chi connectivity index (χ0) is 17.6. The van der Waals surface area contributed by atoms with Crippen LogP contribution in [0.15, 0.2) is 78.9 Å². The summed E-state index contributed by atoms with van der Waals surface area (Å²) in [7, 11) is 0. The van der Waals surface area contributed by atoms with Crippen LogP contribution in [0.25, 0.3) is 0 Å². The second kappa shape index (κ2) is 8.19. The number of hydrogen-bond acceptors (Lipinski definition) is 2. The van der Waals surface area contributed by atoms with E-state index in [1.807, 2.05) is 60.7 Å². The maximum atomic E-state index is 12.8. The first-order valence-corrected chi connectivity index (χ1v) is 8.61. The van der Waals surface area contributed by atoms with Gasteiger partial charge in [-0.15, -0.1) is 0 Å². The molecule has 0 aliphatic rings. The first-order chi connectivity index (χ1) is 12.1. The number of rotatable bonds is 5. The quantitative estimate of drug-likeness (QED) is 0.525. The Balaban J connectivity index is 1.82. The van der Waals surface area contributed by atoms with Gasteiger partial charge in [0.2, 0.25) is 0 Å². The van der Waals surface area contributed by atoms with Gasteiger partial charge in [0.1, 0.15) is 12.5 Å². The molecular formula is C21H16Cl2O2. The minimum absolute atomic E-state index is 0.102. The molecule has 0 spiro atoms. The Morgan fingerprint density at radius 3 is 1.92 bits per heavy atom. The topological polar surface area (TPSA) is 26.3 Å². The third kappa shape index (κ3) is 4.41. The second-order valence-electron chi connectivity index (χ2n) is 5.60. The van der Waals surface area contributed by atoms with Gasteiger partial charge in [0.15, 0.2) is 0 Å². The van der Waals surface area contributed by atoms with Gasteiger partial charge in [0, 0.05) is 15.6 Å². The fourth-order valence-electron chi connectivity index (χ4n) is 2.63. The molecule has 0 bridgehead atoms. The van der Waals surface area contributed by atoms with Crippen LogP contribution in [0, 0.1) is 0 Å². The standard InChI is InChI=1S/C21H16Cl2O2/c22-18-12-11-17(19(23)13-18)14-25-21(24)20(15-7-3-1-4-8-15)16-9-5-2-6-10-16/h1-13,20H,14H2. The Morgan fingerprint density at radius 2 is 1.40 bits per heavy atom. The summed E-state index contributed by atoms with van der Waals surface area (Å²) in [6.45, 7) is 0.102. The van der Waals surface area contributed by atoms with E-state index in [1.54, 1.807) is 18.2 Å².